The first-order valence-corrected chi connectivity index (χ1v) is 7.30. The van der Waals surface area contributed by atoms with Gasteiger partial charge >= 0.3 is 0 Å². The smallest absolute Gasteiger partial charge is 0.290 e. The van der Waals surface area contributed by atoms with Gasteiger partial charge in [-0.3, -0.25) is 10.1 Å². The Bertz CT molecular complexity index is 590. The molecule has 1 aliphatic heterocycles. The SMILES string of the molecule is O=[N+]([O-])c1cnc(N2CCCC3(CC=CCC3)C2)c(F)c1. The Hall–Kier alpha value is -1.98. The van der Waals surface area contributed by atoms with Gasteiger partial charge < -0.3 is 4.90 Å². The number of piperidine rings is 1. The zero-order valence-electron chi connectivity index (χ0n) is 11.8. The van der Waals surface area contributed by atoms with E-state index in [2.05, 4.69) is 17.1 Å². The fourth-order valence-corrected chi connectivity index (χ4v) is 3.46. The molecular formula is C15H18FN3O2. The van der Waals surface area contributed by atoms with Crippen LogP contribution in [0.3, 0.4) is 0 Å². The normalized spacial score (nSPS) is 25.3. The first-order valence-electron chi connectivity index (χ1n) is 7.30. The zero-order valence-corrected chi connectivity index (χ0v) is 11.8. The number of halogens is 1. The first-order chi connectivity index (χ1) is 10.1. The van der Waals surface area contributed by atoms with E-state index in [1.807, 2.05) is 4.90 Å². The molecule has 1 aromatic heterocycles. The highest BCUT2D eigenvalue weighted by molar-refractivity contribution is 5.45. The number of aromatic nitrogens is 1. The van der Waals surface area contributed by atoms with E-state index in [0.717, 1.165) is 57.5 Å². The highest BCUT2D eigenvalue weighted by Gasteiger charge is 2.36. The van der Waals surface area contributed by atoms with Crippen LogP contribution in [0.15, 0.2) is 24.4 Å². The zero-order chi connectivity index (χ0) is 14.9. The second-order valence-electron chi connectivity index (χ2n) is 6.00. The maximum absolute atomic E-state index is 14.1. The summed E-state index contributed by atoms with van der Waals surface area (Å²) in [4.78, 5) is 16.0. The average molecular weight is 291 g/mol. The Morgan fingerprint density at radius 3 is 2.90 bits per heavy atom. The minimum atomic E-state index is -0.622. The van der Waals surface area contributed by atoms with E-state index < -0.39 is 10.7 Å². The van der Waals surface area contributed by atoms with E-state index >= 15 is 0 Å². The van der Waals surface area contributed by atoms with Crippen molar-refractivity contribution in [3.8, 4) is 0 Å². The molecule has 112 valence electrons. The van der Waals surface area contributed by atoms with Gasteiger partial charge in [0.1, 0.15) is 6.20 Å². The second-order valence-corrected chi connectivity index (χ2v) is 6.00. The van der Waals surface area contributed by atoms with E-state index in [4.69, 9.17) is 0 Å². The topological polar surface area (TPSA) is 59.3 Å². The molecule has 6 heteroatoms. The maximum atomic E-state index is 14.1. The van der Waals surface area contributed by atoms with Gasteiger partial charge in [-0.15, -0.1) is 0 Å². The van der Waals surface area contributed by atoms with Gasteiger partial charge in [0.05, 0.1) is 11.0 Å². The summed E-state index contributed by atoms with van der Waals surface area (Å²) in [6.45, 7) is 1.53. The lowest BCUT2D eigenvalue weighted by Crippen LogP contribution is -2.44. The molecule has 1 unspecified atom stereocenters. The minimum Gasteiger partial charge on any atom is -0.354 e. The van der Waals surface area contributed by atoms with Crippen LogP contribution in [-0.4, -0.2) is 23.0 Å². The molecule has 0 radical (unpaired) electrons. The predicted octanol–water partition coefficient (Wildman–Crippen LogP) is 3.46. The van der Waals surface area contributed by atoms with Crippen molar-refractivity contribution in [1.82, 2.24) is 4.98 Å². The van der Waals surface area contributed by atoms with Crippen molar-refractivity contribution in [2.24, 2.45) is 5.41 Å². The van der Waals surface area contributed by atoms with E-state index in [0.29, 0.717) is 0 Å². The standard InChI is InChI=1S/C15H18FN3O2/c16-13-9-12(19(20)21)10-17-14(13)18-8-4-7-15(11-18)5-2-1-3-6-15/h1-2,9-10H,3-8,11H2. The lowest BCUT2D eigenvalue weighted by molar-refractivity contribution is -0.385. The van der Waals surface area contributed by atoms with Crippen LogP contribution in [-0.2, 0) is 0 Å². The quantitative estimate of drug-likeness (QED) is 0.475. The summed E-state index contributed by atoms with van der Waals surface area (Å²) in [5.41, 5.74) is -0.0910. The molecule has 0 saturated carbocycles. The molecule has 2 aliphatic rings. The van der Waals surface area contributed by atoms with Crippen LogP contribution in [0, 0.1) is 21.3 Å². The summed E-state index contributed by atoms with van der Waals surface area (Å²) in [7, 11) is 0. The lowest BCUT2D eigenvalue weighted by Gasteiger charge is -2.44. The number of rotatable bonds is 2. The molecule has 1 spiro atoms. The number of nitrogens with zero attached hydrogens (tertiary/aromatic N) is 3. The number of allylic oxidation sites excluding steroid dienone is 2. The van der Waals surface area contributed by atoms with Gasteiger partial charge in [-0.05, 0) is 37.5 Å². The highest BCUT2D eigenvalue weighted by Crippen LogP contribution is 2.42. The number of nitro groups is 1. The van der Waals surface area contributed by atoms with E-state index in [1.165, 1.54) is 0 Å². The summed E-state index contributed by atoms with van der Waals surface area (Å²) >= 11 is 0. The van der Waals surface area contributed by atoms with Crippen LogP contribution in [0.1, 0.15) is 32.1 Å². The summed E-state index contributed by atoms with van der Waals surface area (Å²) in [6.07, 6.45) is 10.9. The van der Waals surface area contributed by atoms with Gasteiger partial charge in [0.2, 0.25) is 0 Å². The molecular weight excluding hydrogens is 273 g/mol. The molecule has 1 aromatic rings. The third kappa shape index (κ3) is 2.75. The van der Waals surface area contributed by atoms with Crippen molar-refractivity contribution >= 4 is 11.5 Å². The largest absolute Gasteiger partial charge is 0.354 e. The van der Waals surface area contributed by atoms with Crippen molar-refractivity contribution in [2.45, 2.75) is 32.1 Å². The summed E-state index contributed by atoms with van der Waals surface area (Å²) in [5, 5.41) is 10.7. The Kier molecular flexibility index (Phi) is 3.61. The monoisotopic (exact) mass is 291 g/mol. The Morgan fingerprint density at radius 2 is 2.24 bits per heavy atom. The van der Waals surface area contributed by atoms with Gasteiger partial charge in [0, 0.05) is 13.1 Å². The van der Waals surface area contributed by atoms with E-state index in [-0.39, 0.29) is 16.9 Å². The van der Waals surface area contributed by atoms with Crippen molar-refractivity contribution in [1.29, 1.82) is 0 Å². The van der Waals surface area contributed by atoms with Crippen LogP contribution in [0.25, 0.3) is 0 Å². The first kappa shape index (κ1) is 14.0. The van der Waals surface area contributed by atoms with Crippen molar-refractivity contribution in [3.63, 3.8) is 0 Å². The Balaban J connectivity index is 1.83. The van der Waals surface area contributed by atoms with Gasteiger partial charge in [0.25, 0.3) is 5.69 Å². The summed E-state index contributed by atoms with van der Waals surface area (Å²) in [5.74, 6) is -0.359. The van der Waals surface area contributed by atoms with Crippen LogP contribution in [0.4, 0.5) is 15.9 Å². The average Bonchev–Trinajstić information content (AvgIpc) is 2.48. The summed E-state index contributed by atoms with van der Waals surface area (Å²) < 4.78 is 14.1. The lowest BCUT2D eigenvalue weighted by atomic mass is 9.71. The molecule has 1 atom stereocenters. The van der Waals surface area contributed by atoms with Gasteiger partial charge in [0.15, 0.2) is 11.6 Å². The van der Waals surface area contributed by atoms with Gasteiger partial charge in [-0.2, -0.15) is 0 Å². The molecule has 5 nitrogen and oxygen atoms in total. The fourth-order valence-electron chi connectivity index (χ4n) is 3.46. The van der Waals surface area contributed by atoms with Crippen molar-refractivity contribution in [3.05, 3.63) is 40.3 Å². The van der Waals surface area contributed by atoms with Gasteiger partial charge in [-0.1, -0.05) is 12.2 Å². The number of pyridine rings is 1. The van der Waals surface area contributed by atoms with Crippen LogP contribution in [0.5, 0.6) is 0 Å². The van der Waals surface area contributed by atoms with Crippen LogP contribution >= 0.6 is 0 Å². The van der Waals surface area contributed by atoms with Crippen LogP contribution < -0.4 is 4.90 Å². The summed E-state index contributed by atoms with van der Waals surface area (Å²) in [6, 6.07) is 0.963. The molecule has 0 aromatic carbocycles. The molecule has 21 heavy (non-hydrogen) atoms. The molecule has 0 amide bonds. The van der Waals surface area contributed by atoms with E-state index in [1.54, 1.807) is 0 Å². The minimum absolute atomic E-state index is 0.211. The number of hydrogen-bond donors (Lipinski definition) is 0. The van der Waals surface area contributed by atoms with Crippen molar-refractivity contribution < 1.29 is 9.31 Å². The molecule has 1 saturated heterocycles. The van der Waals surface area contributed by atoms with E-state index in [9.17, 15) is 14.5 Å². The van der Waals surface area contributed by atoms with Gasteiger partial charge in [-0.25, -0.2) is 9.37 Å². The molecule has 1 aliphatic carbocycles. The third-order valence-corrected chi connectivity index (χ3v) is 4.54. The predicted molar refractivity (Wildman–Crippen MR) is 77.7 cm³/mol. The second kappa shape index (κ2) is 5.42. The Morgan fingerprint density at radius 1 is 1.38 bits per heavy atom. The molecule has 0 N–H and O–H groups in total. The fraction of sp³-hybridized carbons (Fsp3) is 0.533. The van der Waals surface area contributed by atoms with Crippen molar-refractivity contribution in [2.75, 3.05) is 18.0 Å². The highest BCUT2D eigenvalue weighted by atomic mass is 19.1. The molecule has 3 rings (SSSR count). The third-order valence-electron chi connectivity index (χ3n) is 4.54. The Labute approximate surface area is 122 Å². The molecule has 1 fully saturated rings. The number of hydrogen-bond acceptors (Lipinski definition) is 4. The maximum Gasteiger partial charge on any atom is 0.290 e. The molecule has 2 heterocycles. The number of anilines is 1. The van der Waals surface area contributed by atoms with Crippen LogP contribution in [0.2, 0.25) is 0 Å². The molecule has 0 bridgehead atoms.